The van der Waals surface area contributed by atoms with Crippen molar-refractivity contribution in [3.8, 4) is 0 Å². The summed E-state index contributed by atoms with van der Waals surface area (Å²) in [4.78, 5) is 0. The van der Waals surface area contributed by atoms with Crippen LogP contribution in [0.5, 0.6) is 0 Å². The molecule has 1 aromatic rings. The van der Waals surface area contributed by atoms with Crippen molar-refractivity contribution >= 4 is 0 Å². The summed E-state index contributed by atoms with van der Waals surface area (Å²) in [6.07, 6.45) is 3.15. The molecule has 0 bridgehead atoms. The van der Waals surface area contributed by atoms with E-state index in [4.69, 9.17) is 0 Å². The van der Waals surface area contributed by atoms with E-state index in [1.54, 1.807) is 0 Å². The molecule has 1 fully saturated rings. The molecular formula is C14H24N2O. The molecule has 2 rings (SSSR count). The van der Waals surface area contributed by atoms with Crippen molar-refractivity contribution < 1.29 is 5.11 Å². The van der Waals surface area contributed by atoms with E-state index in [2.05, 4.69) is 18.9 Å². The lowest BCUT2D eigenvalue weighted by Crippen LogP contribution is -2.26. The largest absolute Gasteiger partial charge is 0.387 e. The van der Waals surface area contributed by atoms with Gasteiger partial charge in [0.05, 0.1) is 17.5 Å². The third-order valence-corrected chi connectivity index (χ3v) is 4.43. The van der Waals surface area contributed by atoms with Gasteiger partial charge < -0.3 is 5.11 Å². The summed E-state index contributed by atoms with van der Waals surface area (Å²) in [6.45, 7) is 6.60. The molecule has 3 nitrogen and oxygen atoms in total. The number of hydrogen-bond acceptors (Lipinski definition) is 2. The van der Waals surface area contributed by atoms with Gasteiger partial charge in [0.1, 0.15) is 0 Å². The maximum absolute atomic E-state index is 10.5. The standard InChI is InChI=1S/C14H24N2O/c1-9-5-6-12(7-10(9)2)14(17)13-8-11(3)15-16(13)4/h8-10,12,14,17H,5-7H2,1-4H3. The van der Waals surface area contributed by atoms with Crippen LogP contribution in [0.25, 0.3) is 0 Å². The highest BCUT2D eigenvalue weighted by atomic mass is 16.3. The zero-order valence-corrected chi connectivity index (χ0v) is 11.3. The van der Waals surface area contributed by atoms with Gasteiger partial charge in [-0.1, -0.05) is 20.3 Å². The lowest BCUT2D eigenvalue weighted by Gasteiger charge is -2.34. The van der Waals surface area contributed by atoms with Crippen LogP contribution in [-0.2, 0) is 7.05 Å². The second kappa shape index (κ2) is 4.81. The summed E-state index contributed by atoms with van der Waals surface area (Å²) in [6, 6.07) is 2.01. The molecule has 1 aromatic heterocycles. The molecule has 1 saturated carbocycles. The lowest BCUT2D eigenvalue weighted by atomic mass is 9.73. The lowest BCUT2D eigenvalue weighted by molar-refractivity contribution is 0.0505. The molecule has 4 atom stereocenters. The van der Waals surface area contributed by atoms with E-state index < -0.39 is 0 Å². The summed E-state index contributed by atoms with van der Waals surface area (Å²) >= 11 is 0. The van der Waals surface area contributed by atoms with E-state index in [0.29, 0.717) is 5.92 Å². The first-order valence-electron chi connectivity index (χ1n) is 6.67. The molecule has 0 radical (unpaired) electrons. The van der Waals surface area contributed by atoms with Gasteiger partial charge in [-0.3, -0.25) is 4.68 Å². The topological polar surface area (TPSA) is 38.0 Å². The monoisotopic (exact) mass is 236 g/mol. The highest BCUT2D eigenvalue weighted by molar-refractivity contribution is 5.12. The first-order valence-corrected chi connectivity index (χ1v) is 6.67. The minimum atomic E-state index is -0.351. The Morgan fingerprint density at radius 2 is 2.06 bits per heavy atom. The molecule has 0 amide bonds. The van der Waals surface area contributed by atoms with Crippen LogP contribution >= 0.6 is 0 Å². The van der Waals surface area contributed by atoms with Crippen molar-refractivity contribution in [3.05, 3.63) is 17.5 Å². The second-order valence-corrected chi connectivity index (χ2v) is 5.81. The molecule has 4 unspecified atom stereocenters. The van der Waals surface area contributed by atoms with E-state index in [-0.39, 0.29) is 6.10 Å². The van der Waals surface area contributed by atoms with Gasteiger partial charge in [0, 0.05) is 7.05 Å². The highest BCUT2D eigenvalue weighted by Gasteiger charge is 2.31. The van der Waals surface area contributed by atoms with Crippen LogP contribution in [0.1, 0.15) is 50.6 Å². The van der Waals surface area contributed by atoms with Crippen molar-refractivity contribution in [3.63, 3.8) is 0 Å². The molecule has 0 aromatic carbocycles. The number of aliphatic hydroxyl groups excluding tert-OH is 1. The van der Waals surface area contributed by atoms with Crippen molar-refractivity contribution in [2.45, 2.75) is 46.1 Å². The fraction of sp³-hybridized carbons (Fsp3) is 0.786. The molecule has 1 aliphatic rings. The fourth-order valence-electron chi connectivity index (χ4n) is 3.02. The Balaban J connectivity index is 2.10. The van der Waals surface area contributed by atoms with E-state index in [9.17, 15) is 5.11 Å². The van der Waals surface area contributed by atoms with Crippen molar-refractivity contribution in [2.75, 3.05) is 0 Å². The minimum Gasteiger partial charge on any atom is -0.387 e. The number of aliphatic hydroxyl groups is 1. The minimum absolute atomic E-state index is 0.351. The molecular weight excluding hydrogens is 212 g/mol. The van der Waals surface area contributed by atoms with Crippen LogP contribution in [0.15, 0.2) is 6.07 Å². The Bertz CT molecular complexity index is 386. The van der Waals surface area contributed by atoms with Crippen LogP contribution in [0, 0.1) is 24.7 Å². The summed E-state index contributed by atoms with van der Waals surface area (Å²) in [7, 11) is 1.92. The maximum Gasteiger partial charge on any atom is 0.0984 e. The Kier molecular flexibility index (Phi) is 3.57. The zero-order chi connectivity index (χ0) is 12.6. The van der Waals surface area contributed by atoms with Crippen LogP contribution in [0.2, 0.25) is 0 Å². The first kappa shape index (κ1) is 12.6. The summed E-state index contributed by atoms with van der Waals surface area (Å²) in [5, 5.41) is 14.8. The fourth-order valence-corrected chi connectivity index (χ4v) is 3.02. The molecule has 1 aliphatic carbocycles. The second-order valence-electron chi connectivity index (χ2n) is 5.81. The van der Waals surface area contributed by atoms with Crippen molar-refractivity contribution in [1.82, 2.24) is 9.78 Å². The van der Waals surface area contributed by atoms with Gasteiger partial charge >= 0.3 is 0 Å². The summed E-state index contributed by atoms with van der Waals surface area (Å²) < 4.78 is 1.82. The van der Waals surface area contributed by atoms with Gasteiger partial charge in [0.25, 0.3) is 0 Å². The summed E-state index contributed by atoms with van der Waals surface area (Å²) in [5.74, 6) is 1.92. The quantitative estimate of drug-likeness (QED) is 0.857. The van der Waals surface area contributed by atoms with Crippen LogP contribution in [0.4, 0.5) is 0 Å². The number of hydrogen-bond donors (Lipinski definition) is 1. The maximum atomic E-state index is 10.5. The van der Waals surface area contributed by atoms with E-state index in [0.717, 1.165) is 36.1 Å². The Labute approximate surface area is 104 Å². The molecule has 96 valence electrons. The molecule has 1 N–H and O–H groups in total. The highest BCUT2D eigenvalue weighted by Crippen LogP contribution is 2.39. The van der Waals surface area contributed by atoms with Gasteiger partial charge in [-0.25, -0.2) is 0 Å². The molecule has 0 saturated heterocycles. The third-order valence-electron chi connectivity index (χ3n) is 4.43. The van der Waals surface area contributed by atoms with Crippen LogP contribution in [-0.4, -0.2) is 14.9 Å². The van der Waals surface area contributed by atoms with Gasteiger partial charge in [-0.05, 0) is 43.6 Å². The smallest absolute Gasteiger partial charge is 0.0984 e. The number of rotatable bonds is 2. The van der Waals surface area contributed by atoms with Crippen molar-refractivity contribution in [2.24, 2.45) is 24.8 Å². The number of nitrogens with zero attached hydrogens (tertiary/aromatic N) is 2. The molecule has 0 spiro atoms. The van der Waals surface area contributed by atoms with Crippen LogP contribution < -0.4 is 0 Å². The van der Waals surface area contributed by atoms with E-state index in [1.165, 1.54) is 6.42 Å². The average Bonchev–Trinajstić information content (AvgIpc) is 2.61. The van der Waals surface area contributed by atoms with E-state index >= 15 is 0 Å². The first-order chi connectivity index (χ1) is 7.99. The molecule has 3 heteroatoms. The molecule has 1 heterocycles. The average molecular weight is 236 g/mol. The third kappa shape index (κ3) is 2.54. The summed E-state index contributed by atoms with van der Waals surface area (Å²) in [5.41, 5.74) is 1.95. The van der Waals surface area contributed by atoms with Gasteiger partial charge in [0.2, 0.25) is 0 Å². The molecule has 17 heavy (non-hydrogen) atoms. The SMILES string of the molecule is Cc1cc(C(O)C2CCC(C)C(C)C2)n(C)n1. The number of aromatic nitrogens is 2. The Morgan fingerprint density at radius 3 is 2.59 bits per heavy atom. The predicted octanol–water partition coefficient (Wildman–Crippen LogP) is 2.83. The van der Waals surface area contributed by atoms with Gasteiger partial charge in [-0.15, -0.1) is 0 Å². The van der Waals surface area contributed by atoms with Gasteiger partial charge in [0.15, 0.2) is 0 Å². The zero-order valence-electron chi connectivity index (χ0n) is 11.3. The van der Waals surface area contributed by atoms with Crippen molar-refractivity contribution in [1.29, 1.82) is 0 Å². The van der Waals surface area contributed by atoms with E-state index in [1.807, 2.05) is 24.7 Å². The molecule has 0 aliphatic heterocycles. The Hall–Kier alpha value is -0.830. The normalized spacial score (nSPS) is 31.5. The van der Waals surface area contributed by atoms with Gasteiger partial charge in [-0.2, -0.15) is 5.10 Å². The van der Waals surface area contributed by atoms with Crippen LogP contribution in [0.3, 0.4) is 0 Å². The Morgan fingerprint density at radius 1 is 1.35 bits per heavy atom. The predicted molar refractivity (Wildman–Crippen MR) is 68.6 cm³/mol. The number of aryl methyl sites for hydroxylation is 2.